The van der Waals surface area contributed by atoms with Crippen molar-refractivity contribution in [3.05, 3.63) is 0 Å². The van der Waals surface area contributed by atoms with Gasteiger partial charge in [0.2, 0.25) is 5.91 Å². The highest BCUT2D eigenvalue weighted by Crippen LogP contribution is 2.33. The molecule has 0 spiro atoms. The van der Waals surface area contributed by atoms with Crippen molar-refractivity contribution < 1.29 is 19.4 Å². The Balaban J connectivity index is 1.76. The van der Waals surface area contributed by atoms with Gasteiger partial charge < -0.3 is 15.2 Å². The van der Waals surface area contributed by atoms with Crippen LogP contribution in [-0.2, 0) is 14.3 Å². The van der Waals surface area contributed by atoms with E-state index in [1.165, 1.54) is 0 Å². The van der Waals surface area contributed by atoms with E-state index in [4.69, 9.17) is 9.84 Å². The summed E-state index contributed by atoms with van der Waals surface area (Å²) in [6.07, 6.45) is 4.05. The Hall–Kier alpha value is -1.10. The summed E-state index contributed by atoms with van der Waals surface area (Å²) in [4.78, 5) is 22.7. The molecule has 2 fully saturated rings. The van der Waals surface area contributed by atoms with E-state index >= 15 is 0 Å². The van der Waals surface area contributed by atoms with Gasteiger partial charge >= 0.3 is 5.97 Å². The number of nitrogens with one attached hydrogen (secondary N) is 1. The molecule has 2 rings (SSSR count). The van der Waals surface area contributed by atoms with Crippen LogP contribution in [0.5, 0.6) is 0 Å². The summed E-state index contributed by atoms with van der Waals surface area (Å²) in [6, 6.07) is -0.678. The Labute approximate surface area is 101 Å². The summed E-state index contributed by atoms with van der Waals surface area (Å²) in [6.45, 7) is 1.42. The zero-order valence-electron chi connectivity index (χ0n) is 9.85. The maximum absolute atomic E-state index is 11.7. The van der Waals surface area contributed by atoms with E-state index in [0.29, 0.717) is 25.6 Å². The average Bonchev–Trinajstić information content (AvgIpc) is 3.11. The van der Waals surface area contributed by atoms with Crippen LogP contribution in [0, 0.1) is 11.8 Å². The maximum Gasteiger partial charge on any atom is 0.326 e. The number of rotatable bonds is 5. The minimum absolute atomic E-state index is 0.129. The van der Waals surface area contributed by atoms with E-state index in [1.54, 1.807) is 0 Å². The molecule has 1 atom stereocenters. The first-order chi connectivity index (χ1) is 8.16. The average molecular weight is 241 g/mol. The molecule has 0 aromatic carbocycles. The van der Waals surface area contributed by atoms with Gasteiger partial charge in [0, 0.05) is 19.6 Å². The Morgan fingerprint density at radius 1 is 1.24 bits per heavy atom. The lowest BCUT2D eigenvalue weighted by Crippen LogP contribution is -2.43. The molecule has 0 aromatic rings. The van der Waals surface area contributed by atoms with Gasteiger partial charge in [-0.3, -0.25) is 4.79 Å². The smallest absolute Gasteiger partial charge is 0.326 e. The van der Waals surface area contributed by atoms with Gasteiger partial charge in [0.15, 0.2) is 0 Å². The summed E-state index contributed by atoms with van der Waals surface area (Å²) in [7, 11) is 0. The molecule has 2 N–H and O–H groups in total. The van der Waals surface area contributed by atoms with Crippen molar-refractivity contribution in [1.82, 2.24) is 5.32 Å². The van der Waals surface area contributed by atoms with Gasteiger partial charge in [-0.05, 0) is 37.5 Å². The number of hydrogen-bond donors (Lipinski definition) is 2. The fraction of sp³-hybridized carbons (Fsp3) is 0.833. The van der Waals surface area contributed by atoms with Gasteiger partial charge in [-0.15, -0.1) is 0 Å². The third-order valence-electron chi connectivity index (χ3n) is 3.49. The van der Waals surface area contributed by atoms with E-state index in [0.717, 1.165) is 25.7 Å². The van der Waals surface area contributed by atoms with Crippen LogP contribution in [0.1, 0.15) is 32.1 Å². The molecule has 1 aliphatic carbocycles. The first-order valence-electron chi connectivity index (χ1n) is 6.26. The van der Waals surface area contributed by atoms with Crippen molar-refractivity contribution in [3.8, 4) is 0 Å². The molecule has 5 heteroatoms. The van der Waals surface area contributed by atoms with Crippen molar-refractivity contribution in [3.63, 3.8) is 0 Å². The van der Waals surface area contributed by atoms with E-state index in [1.807, 2.05) is 0 Å². The quantitative estimate of drug-likeness (QED) is 0.746. The molecular weight excluding hydrogens is 222 g/mol. The Kier molecular flexibility index (Phi) is 3.99. The first-order valence-corrected chi connectivity index (χ1v) is 6.26. The molecule has 1 unspecified atom stereocenters. The molecule has 2 aliphatic rings. The first kappa shape index (κ1) is 12.4. The number of aliphatic carboxylic acids is 1. The highest BCUT2D eigenvalue weighted by molar-refractivity contribution is 5.84. The SMILES string of the molecule is O=C(CC1CCOCC1)NC(C(=O)O)C1CC1. The van der Waals surface area contributed by atoms with Crippen molar-refractivity contribution >= 4 is 11.9 Å². The topological polar surface area (TPSA) is 75.6 Å². The number of carboxylic acid groups (broad SMARTS) is 1. The van der Waals surface area contributed by atoms with Crippen LogP contribution in [0.3, 0.4) is 0 Å². The van der Waals surface area contributed by atoms with Gasteiger partial charge in [0.1, 0.15) is 6.04 Å². The fourth-order valence-electron chi connectivity index (χ4n) is 2.26. The van der Waals surface area contributed by atoms with Crippen LogP contribution in [0.2, 0.25) is 0 Å². The molecule has 0 aromatic heterocycles. The van der Waals surface area contributed by atoms with E-state index in [-0.39, 0.29) is 11.8 Å². The lowest BCUT2D eigenvalue weighted by molar-refractivity contribution is -0.142. The monoisotopic (exact) mass is 241 g/mol. The van der Waals surface area contributed by atoms with Gasteiger partial charge in [-0.2, -0.15) is 0 Å². The third kappa shape index (κ3) is 3.70. The summed E-state index contributed by atoms with van der Waals surface area (Å²) in [5, 5.41) is 11.7. The van der Waals surface area contributed by atoms with Crippen LogP contribution in [-0.4, -0.2) is 36.2 Å². The highest BCUT2D eigenvalue weighted by atomic mass is 16.5. The number of amides is 1. The molecule has 1 heterocycles. The largest absolute Gasteiger partial charge is 0.480 e. The molecule has 5 nitrogen and oxygen atoms in total. The van der Waals surface area contributed by atoms with Gasteiger partial charge in [0.25, 0.3) is 0 Å². The summed E-state index contributed by atoms with van der Waals surface area (Å²) >= 11 is 0. The number of carboxylic acids is 1. The predicted octanol–water partition coefficient (Wildman–Crippen LogP) is 0.782. The van der Waals surface area contributed by atoms with E-state index in [9.17, 15) is 9.59 Å². The minimum Gasteiger partial charge on any atom is -0.480 e. The zero-order chi connectivity index (χ0) is 12.3. The summed E-state index contributed by atoms with van der Waals surface area (Å²) in [5.74, 6) is -0.549. The predicted molar refractivity (Wildman–Crippen MR) is 60.5 cm³/mol. The van der Waals surface area contributed by atoms with Gasteiger partial charge in [0.05, 0.1) is 0 Å². The third-order valence-corrected chi connectivity index (χ3v) is 3.49. The highest BCUT2D eigenvalue weighted by Gasteiger charge is 2.37. The van der Waals surface area contributed by atoms with Gasteiger partial charge in [-0.25, -0.2) is 4.79 Å². The number of ether oxygens (including phenoxy) is 1. The van der Waals surface area contributed by atoms with Gasteiger partial charge in [-0.1, -0.05) is 0 Å². The minimum atomic E-state index is -0.909. The number of hydrogen-bond acceptors (Lipinski definition) is 3. The lowest BCUT2D eigenvalue weighted by atomic mass is 9.96. The molecule has 0 bridgehead atoms. The van der Waals surface area contributed by atoms with Crippen molar-refractivity contribution in [2.45, 2.75) is 38.1 Å². The van der Waals surface area contributed by atoms with Crippen LogP contribution >= 0.6 is 0 Å². The second-order valence-corrected chi connectivity index (χ2v) is 4.98. The summed E-state index contributed by atoms with van der Waals surface area (Å²) in [5.41, 5.74) is 0. The lowest BCUT2D eigenvalue weighted by Gasteiger charge is -2.22. The maximum atomic E-state index is 11.7. The van der Waals surface area contributed by atoms with Crippen LogP contribution in [0.15, 0.2) is 0 Å². The van der Waals surface area contributed by atoms with E-state index < -0.39 is 12.0 Å². The Morgan fingerprint density at radius 3 is 2.41 bits per heavy atom. The number of carbonyl (C=O) groups is 2. The molecule has 0 radical (unpaired) electrons. The van der Waals surface area contributed by atoms with Crippen LogP contribution in [0.4, 0.5) is 0 Å². The Morgan fingerprint density at radius 2 is 1.88 bits per heavy atom. The van der Waals surface area contributed by atoms with Crippen LogP contribution in [0.25, 0.3) is 0 Å². The van der Waals surface area contributed by atoms with Crippen molar-refractivity contribution in [2.24, 2.45) is 11.8 Å². The number of carbonyl (C=O) groups excluding carboxylic acids is 1. The van der Waals surface area contributed by atoms with Crippen molar-refractivity contribution in [2.75, 3.05) is 13.2 Å². The fourth-order valence-corrected chi connectivity index (χ4v) is 2.26. The normalized spacial score (nSPS) is 23.1. The van der Waals surface area contributed by atoms with Crippen molar-refractivity contribution in [1.29, 1.82) is 0 Å². The molecular formula is C12H19NO4. The molecule has 96 valence electrons. The molecule has 1 aliphatic heterocycles. The molecule has 1 saturated carbocycles. The van der Waals surface area contributed by atoms with E-state index in [2.05, 4.69) is 5.32 Å². The summed E-state index contributed by atoms with van der Waals surface area (Å²) < 4.78 is 5.22. The zero-order valence-corrected chi connectivity index (χ0v) is 9.85. The second kappa shape index (κ2) is 5.49. The molecule has 1 saturated heterocycles. The molecule has 17 heavy (non-hydrogen) atoms. The standard InChI is InChI=1S/C12H19NO4/c14-10(7-8-3-5-17-6-4-8)13-11(12(15)16)9-1-2-9/h8-9,11H,1-7H2,(H,13,14)(H,15,16). The Bertz CT molecular complexity index is 295. The van der Waals surface area contributed by atoms with Crippen LogP contribution < -0.4 is 5.32 Å². The molecule has 1 amide bonds. The second-order valence-electron chi connectivity index (χ2n) is 4.98.